The van der Waals surface area contributed by atoms with Crippen LogP contribution in [0.5, 0.6) is 0 Å². The number of rotatable bonds is 7. The quantitative estimate of drug-likeness (QED) is 0.739. The lowest BCUT2D eigenvalue weighted by Crippen LogP contribution is -2.41. The molecule has 0 saturated carbocycles. The second-order valence-corrected chi connectivity index (χ2v) is 6.83. The molecule has 2 N–H and O–H groups in total. The first-order chi connectivity index (χ1) is 12.1. The summed E-state index contributed by atoms with van der Waals surface area (Å²) in [5.41, 5.74) is 0.961. The molecule has 1 atom stereocenters. The second-order valence-electron chi connectivity index (χ2n) is 5.80. The Morgan fingerprint density at radius 3 is 2.68 bits per heavy atom. The Balaban J connectivity index is 1.49. The molecule has 0 unspecified atom stereocenters. The van der Waals surface area contributed by atoms with E-state index in [0.29, 0.717) is 13.0 Å². The van der Waals surface area contributed by atoms with Crippen molar-refractivity contribution in [3.8, 4) is 0 Å². The normalized spacial score (nSPS) is 16.8. The van der Waals surface area contributed by atoms with Crippen molar-refractivity contribution in [1.82, 2.24) is 15.5 Å². The first kappa shape index (κ1) is 17.2. The molecule has 1 aliphatic heterocycles. The minimum atomic E-state index is -0.617. The van der Waals surface area contributed by atoms with Crippen LogP contribution >= 0.6 is 11.3 Å². The second kappa shape index (κ2) is 7.94. The molecular weight excluding hydrogens is 338 g/mol. The SMILES string of the molecule is O=C(CN1C(=O)N[C@@H](Cc2ccccc2)C1=O)NCCc1cccs1. The number of urea groups is 1. The molecule has 1 aromatic heterocycles. The van der Waals surface area contributed by atoms with Gasteiger partial charge in [0.05, 0.1) is 0 Å². The van der Waals surface area contributed by atoms with E-state index in [1.807, 2.05) is 47.8 Å². The molecule has 4 amide bonds. The minimum absolute atomic E-state index is 0.250. The Kier molecular flexibility index (Phi) is 5.45. The molecule has 0 radical (unpaired) electrons. The summed E-state index contributed by atoms with van der Waals surface area (Å²) in [7, 11) is 0. The zero-order chi connectivity index (χ0) is 17.6. The lowest BCUT2D eigenvalue weighted by molar-refractivity contribution is -0.132. The van der Waals surface area contributed by atoms with Crippen LogP contribution < -0.4 is 10.6 Å². The number of amides is 4. The number of benzene rings is 1. The van der Waals surface area contributed by atoms with Crippen LogP contribution in [-0.2, 0) is 22.4 Å². The number of imide groups is 1. The van der Waals surface area contributed by atoms with E-state index in [2.05, 4.69) is 10.6 Å². The summed E-state index contributed by atoms with van der Waals surface area (Å²) >= 11 is 1.63. The zero-order valence-electron chi connectivity index (χ0n) is 13.6. The van der Waals surface area contributed by atoms with Gasteiger partial charge in [-0.2, -0.15) is 0 Å². The molecule has 2 heterocycles. The van der Waals surface area contributed by atoms with Crippen LogP contribution in [0.2, 0.25) is 0 Å². The van der Waals surface area contributed by atoms with Gasteiger partial charge in [-0.1, -0.05) is 36.4 Å². The number of carbonyl (C=O) groups is 3. The lowest BCUT2D eigenvalue weighted by atomic mass is 10.1. The topological polar surface area (TPSA) is 78.5 Å². The summed E-state index contributed by atoms with van der Waals surface area (Å²) < 4.78 is 0. The number of thiophene rings is 1. The third kappa shape index (κ3) is 4.45. The number of hydrogen-bond donors (Lipinski definition) is 2. The van der Waals surface area contributed by atoms with Gasteiger partial charge >= 0.3 is 6.03 Å². The van der Waals surface area contributed by atoms with Gasteiger partial charge in [0, 0.05) is 17.8 Å². The zero-order valence-corrected chi connectivity index (χ0v) is 14.4. The van der Waals surface area contributed by atoms with Gasteiger partial charge in [-0.25, -0.2) is 4.79 Å². The smallest absolute Gasteiger partial charge is 0.325 e. The number of nitrogens with one attached hydrogen (secondary N) is 2. The van der Waals surface area contributed by atoms with Gasteiger partial charge in [0.1, 0.15) is 12.6 Å². The van der Waals surface area contributed by atoms with Crippen molar-refractivity contribution in [1.29, 1.82) is 0 Å². The van der Waals surface area contributed by atoms with Crippen molar-refractivity contribution < 1.29 is 14.4 Å². The Hall–Kier alpha value is -2.67. The molecule has 1 aliphatic rings. The highest BCUT2D eigenvalue weighted by atomic mass is 32.1. The highest BCUT2D eigenvalue weighted by Crippen LogP contribution is 2.12. The van der Waals surface area contributed by atoms with E-state index in [9.17, 15) is 14.4 Å². The molecule has 130 valence electrons. The van der Waals surface area contributed by atoms with E-state index in [-0.39, 0.29) is 18.4 Å². The predicted molar refractivity (Wildman–Crippen MR) is 95.2 cm³/mol. The summed E-state index contributed by atoms with van der Waals surface area (Å²) in [6.45, 7) is 0.233. The van der Waals surface area contributed by atoms with Crippen LogP contribution in [0.15, 0.2) is 47.8 Å². The molecule has 0 aliphatic carbocycles. The number of carbonyl (C=O) groups excluding carboxylic acids is 3. The van der Waals surface area contributed by atoms with Gasteiger partial charge in [-0.15, -0.1) is 11.3 Å². The van der Waals surface area contributed by atoms with Crippen molar-refractivity contribution in [3.05, 3.63) is 58.3 Å². The van der Waals surface area contributed by atoms with Gasteiger partial charge in [0.25, 0.3) is 5.91 Å². The lowest BCUT2D eigenvalue weighted by Gasteiger charge is -2.13. The number of hydrogen-bond acceptors (Lipinski definition) is 4. The van der Waals surface area contributed by atoms with Crippen LogP contribution in [0, 0.1) is 0 Å². The average Bonchev–Trinajstić information content (AvgIpc) is 3.20. The molecule has 0 spiro atoms. The third-order valence-electron chi connectivity index (χ3n) is 3.97. The maximum Gasteiger partial charge on any atom is 0.325 e. The van der Waals surface area contributed by atoms with Crippen molar-refractivity contribution in [2.24, 2.45) is 0 Å². The molecule has 6 nitrogen and oxygen atoms in total. The molecular formula is C18H19N3O3S. The summed E-state index contributed by atoms with van der Waals surface area (Å²) in [6, 6.07) is 12.3. The van der Waals surface area contributed by atoms with Crippen LogP contribution in [0.3, 0.4) is 0 Å². The fraction of sp³-hybridized carbons (Fsp3) is 0.278. The Labute approximate surface area is 149 Å². The van der Waals surface area contributed by atoms with Crippen molar-refractivity contribution in [2.45, 2.75) is 18.9 Å². The van der Waals surface area contributed by atoms with E-state index in [4.69, 9.17) is 0 Å². The van der Waals surface area contributed by atoms with Crippen molar-refractivity contribution >= 4 is 29.2 Å². The molecule has 1 fully saturated rings. The minimum Gasteiger partial charge on any atom is -0.354 e. The monoisotopic (exact) mass is 357 g/mol. The molecule has 1 saturated heterocycles. The van der Waals surface area contributed by atoms with Gasteiger partial charge in [0.2, 0.25) is 5.91 Å². The first-order valence-corrected chi connectivity index (χ1v) is 8.96. The molecule has 2 aromatic rings. The van der Waals surface area contributed by atoms with E-state index in [1.165, 1.54) is 4.88 Å². The molecule has 1 aromatic carbocycles. The third-order valence-corrected chi connectivity index (χ3v) is 4.90. The summed E-state index contributed by atoms with van der Waals surface area (Å²) in [5, 5.41) is 7.38. The van der Waals surface area contributed by atoms with Crippen molar-refractivity contribution in [2.75, 3.05) is 13.1 Å². The van der Waals surface area contributed by atoms with Gasteiger partial charge in [-0.05, 0) is 23.4 Å². The summed E-state index contributed by atoms with van der Waals surface area (Å²) in [5.74, 6) is -0.692. The Morgan fingerprint density at radius 1 is 1.16 bits per heavy atom. The molecule has 3 rings (SSSR count). The molecule has 0 bridgehead atoms. The molecule has 7 heteroatoms. The standard InChI is InChI=1S/C18H19N3O3S/c22-16(19-9-8-14-7-4-10-25-14)12-21-17(23)15(20-18(21)24)11-13-5-2-1-3-6-13/h1-7,10,15H,8-9,11-12H2,(H,19,22)(H,20,24)/t15-/m0/s1. The number of nitrogens with zero attached hydrogens (tertiary/aromatic N) is 1. The largest absolute Gasteiger partial charge is 0.354 e. The average molecular weight is 357 g/mol. The predicted octanol–water partition coefficient (Wildman–Crippen LogP) is 1.57. The summed E-state index contributed by atoms with van der Waals surface area (Å²) in [4.78, 5) is 38.5. The highest BCUT2D eigenvalue weighted by molar-refractivity contribution is 7.09. The van der Waals surface area contributed by atoms with Crippen LogP contribution in [0.1, 0.15) is 10.4 Å². The van der Waals surface area contributed by atoms with E-state index >= 15 is 0 Å². The first-order valence-electron chi connectivity index (χ1n) is 8.08. The fourth-order valence-electron chi connectivity index (χ4n) is 2.69. The Bertz CT molecular complexity index is 746. The van der Waals surface area contributed by atoms with E-state index in [1.54, 1.807) is 11.3 Å². The maximum atomic E-state index is 12.4. The van der Waals surface area contributed by atoms with E-state index < -0.39 is 12.1 Å². The Morgan fingerprint density at radius 2 is 1.96 bits per heavy atom. The van der Waals surface area contributed by atoms with Gasteiger partial charge in [0.15, 0.2) is 0 Å². The van der Waals surface area contributed by atoms with Crippen LogP contribution in [-0.4, -0.2) is 41.9 Å². The molecule has 25 heavy (non-hydrogen) atoms. The van der Waals surface area contributed by atoms with E-state index in [0.717, 1.165) is 16.9 Å². The summed E-state index contributed by atoms with van der Waals surface area (Å²) in [6.07, 6.45) is 1.15. The van der Waals surface area contributed by atoms with Gasteiger partial charge < -0.3 is 10.6 Å². The fourth-order valence-corrected chi connectivity index (χ4v) is 3.40. The van der Waals surface area contributed by atoms with Crippen LogP contribution in [0.25, 0.3) is 0 Å². The van der Waals surface area contributed by atoms with Gasteiger partial charge in [-0.3, -0.25) is 14.5 Å². The van der Waals surface area contributed by atoms with Crippen LogP contribution in [0.4, 0.5) is 4.79 Å². The highest BCUT2D eigenvalue weighted by Gasteiger charge is 2.38. The maximum absolute atomic E-state index is 12.4. The van der Waals surface area contributed by atoms with Crippen molar-refractivity contribution in [3.63, 3.8) is 0 Å².